The second-order valence-corrected chi connectivity index (χ2v) is 5.75. The number of aromatic nitrogens is 2. The molecule has 0 saturated heterocycles. The molecule has 1 aromatic heterocycles. The Labute approximate surface area is 138 Å². The topological polar surface area (TPSA) is 47.3 Å². The van der Waals surface area contributed by atoms with Gasteiger partial charge in [-0.15, -0.1) is 0 Å². The first-order chi connectivity index (χ1) is 11.3. The maximum absolute atomic E-state index is 9.96. The molecule has 2 aromatic rings. The molecule has 4 heteroatoms. The number of aliphatic hydroxyl groups excluding tert-OH is 1. The molecule has 0 radical (unpaired) electrons. The largest absolute Gasteiger partial charge is 0.389 e. The third-order valence-corrected chi connectivity index (χ3v) is 3.76. The van der Waals surface area contributed by atoms with Gasteiger partial charge in [0.05, 0.1) is 12.4 Å². The van der Waals surface area contributed by atoms with Gasteiger partial charge in [-0.1, -0.05) is 49.3 Å². The van der Waals surface area contributed by atoms with Crippen LogP contribution in [0, 0.1) is 0 Å². The van der Waals surface area contributed by atoms with Gasteiger partial charge in [-0.25, -0.2) is 4.98 Å². The van der Waals surface area contributed by atoms with Crippen molar-refractivity contribution in [2.24, 2.45) is 0 Å². The van der Waals surface area contributed by atoms with Crippen LogP contribution in [-0.4, -0.2) is 34.5 Å². The summed E-state index contributed by atoms with van der Waals surface area (Å²) in [6, 6.07) is 8.37. The fourth-order valence-electron chi connectivity index (χ4n) is 2.42. The third-order valence-electron chi connectivity index (χ3n) is 3.76. The van der Waals surface area contributed by atoms with Crippen molar-refractivity contribution in [2.75, 3.05) is 13.7 Å². The molecule has 23 heavy (non-hydrogen) atoms. The lowest BCUT2D eigenvalue weighted by atomic mass is 10.1. The number of hydrogen-bond acceptors (Lipinski definition) is 3. The predicted molar refractivity (Wildman–Crippen MR) is 93.2 cm³/mol. The lowest BCUT2D eigenvalue weighted by Gasteiger charge is -2.06. The monoisotopic (exact) mass is 314 g/mol. The molecular weight excluding hydrogens is 288 g/mol. The van der Waals surface area contributed by atoms with Crippen LogP contribution < -0.4 is 0 Å². The number of imidazole rings is 1. The highest BCUT2D eigenvalue weighted by atomic mass is 16.5. The van der Waals surface area contributed by atoms with Crippen LogP contribution in [0.25, 0.3) is 6.08 Å². The molecule has 1 atom stereocenters. The standard InChI is InChI=1S/C19H26N2O2/c1-23-14-4-2-3-5-19(22)11-10-17-6-8-18(9-7-17)15-21-13-12-20-16-21/h6-13,16,19,22H,2-5,14-15H2,1H3. The summed E-state index contributed by atoms with van der Waals surface area (Å²) in [6.07, 6.45) is 13.0. The normalized spacial score (nSPS) is 12.8. The Morgan fingerprint density at radius 2 is 2.04 bits per heavy atom. The van der Waals surface area contributed by atoms with E-state index in [1.54, 1.807) is 13.3 Å². The molecule has 4 nitrogen and oxygen atoms in total. The van der Waals surface area contributed by atoms with Crippen molar-refractivity contribution in [3.63, 3.8) is 0 Å². The molecule has 1 aromatic carbocycles. The van der Waals surface area contributed by atoms with Crippen LogP contribution in [0.5, 0.6) is 0 Å². The van der Waals surface area contributed by atoms with E-state index in [9.17, 15) is 5.11 Å². The van der Waals surface area contributed by atoms with Crippen molar-refractivity contribution < 1.29 is 9.84 Å². The van der Waals surface area contributed by atoms with Gasteiger partial charge in [0.2, 0.25) is 0 Å². The zero-order chi connectivity index (χ0) is 16.3. The molecule has 0 bridgehead atoms. The Balaban J connectivity index is 1.73. The van der Waals surface area contributed by atoms with Gasteiger partial charge in [0.15, 0.2) is 0 Å². The van der Waals surface area contributed by atoms with E-state index in [-0.39, 0.29) is 6.10 Å². The van der Waals surface area contributed by atoms with Crippen LogP contribution in [0.15, 0.2) is 49.1 Å². The molecule has 2 rings (SSSR count). The van der Waals surface area contributed by atoms with Crippen LogP contribution in [0.2, 0.25) is 0 Å². The first-order valence-electron chi connectivity index (χ1n) is 8.18. The van der Waals surface area contributed by atoms with Crippen LogP contribution in [0.4, 0.5) is 0 Å². The molecule has 0 spiro atoms. The van der Waals surface area contributed by atoms with E-state index in [1.807, 2.05) is 29.2 Å². The molecule has 0 amide bonds. The van der Waals surface area contributed by atoms with Crippen LogP contribution >= 0.6 is 0 Å². The maximum Gasteiger partial charge on any atom is 0.0949 e. The molecule has 1 heterocycles. The number of methoxy groups -OCH3 is 1. The first-order valence-corrected chi connectivity index (χ1v) is 8.18. The quantitative estimate of drug-likeness (QED) is 0.683. The minimum Gasteiger partial charge on any atom is -0.389 e. The van der Waals surface area contributed by atoms with E-state index in [0.717, 1.165) is 44.4 Å². The third kappa shape index (κ3) is 6.80. The number of nitrogens with zero attached hydrogens (tertiary/aromatic N) is 2. The van der Waals surface area contributed by atoms with Gasteiger partial charge in [-0.2, -0.15) is 0 Å². The Morgan fingerprint density at radius 3 is 2.74 bits per heavy atom. The van der Waals surface area contributed by atoms with Crippen LogP contribution in [0.1, 0.15) is 36.8 Å². The molecule has 1 N–H and O–H groups in total. The van der Waals surface area contributed by atoms with Crippen molar-refractivity contribution >= 4 is 6.08 Å². The van der Waals surface area contributed by atoms with Crippen molar-refractivity contribution in [3.8, 4) is 0 Å². The number of ether oxygens (including phenoxy) is 1. The second-order valence-electron chi connectivity index (χ2n) is 5.75. The highest BCUT2D eigenvalue weighted by molar-refractivity contribution is 5.50. The maximum atomic E-state index is 9.96. The van der Waals surface area contributed by atoms with Crippen molar-refractivity contribution in [1.29, 1.82) is 0 Å². The smallest absolute Gasteiger partial charge is 0.0949 e. The van der Waals surface area contributed by atoms with Crippen LogP contribution in [0.3, 0.4) is 0 Å². The molecule has 1 unspecified atom stereocenters. The SMILES string of the molecule is COCCCCCC(O)C=Cc1ccc(Cn2ccnc2)cc1. The van der Waals surface area contributed by atoms with Gasteiger partial charge >= 0.3 is 0 Å². The fraction of sp³-hybridized carbons (Fsp3) is 0.421. The van der Waals surface area contributed by atoms with E-state index in [2.05, 4.69) is 29.2 Å². The summed E-state index contributed by atoms with van der Waals surface area (Å²) in [5, 5.41) is 9.96. The van der Waals surface area contributed by atoms with Gasteiger partial charge in [-0.05, 0) is 24.0 Å². The summed E-state index contributed by atoms with van der Waals surface area (Å²) < 4.78 is 7.06. The van der Waals surface area contributed by atoms with E-state index in [0.29, 0.717) is 0 Å². The lowest BCUT2D eigenvalue weighted by molar-refractivity contribution is 0.184. The minimum atomic E-state index is -0.372. The molecule has 0 fully saturated rings. The van der Waals surface area contributed by atoms with E-state index >= 15 is 0 Å². The Bertz CT molecular complexity index is 562. The minimum absolute atomic E-state index is 0.372. The Hall–Kier alpha value is -1.91. The van der Waals surface area contributed by atoms with Gasteiger partial charge in [-0.3, -0.25) is 0 Å². The van der Waals surface area contributed by atoms with Crippen molar-refractivity contribution in [3.05, 3.63) is 60.2 Å². The molecule has 0 saturated carbocycles. The fourth-order valence-corrected chi connectivity index (χ4v) is 2.42. The summed E-state index contributed by atoms with van der Waals surface area (Å²) in [5.41, 5.74) is 2.34. The number of rotatable bonds is 10. The zero-order valence-corrected chi connectivity index (χ0v) is 13.8. The van der Waals surface area contributed by atoms with Crippen molar-refractivity contribution in [2.45, 2.75) is 38.3 Å². The lowest BCUT2D eigenvalue weighted by Crippen LogP contribution is -2.01. The average molecular weight is 314 g/mol. The summed E-state index contributed by atoms with van der Waals surface area (Å²) in [4.78, 5) is 4.04. The number of unbranched alkanes of at least 4 members (excludes halogenated alkanes) is 2. The molecule has 0 aliphatic rings. The molecule has 124 valence electrons. The van der Waals surface area contributed by atoms with Gasteiger partial charge in [0.1, 0.15) is 0 Å². The van der Waals surface area contributed by atoms with E-state index in [1.165, 1.54) is 5.56 Å². The Morgan fingerprint density at radius 1 is 1.22 bits per heavy atom. The van der Waals surface area contributed by atoms with Crippen molar-refractivity contribution in [1.82, 2.24) is 9.55 Å². The van der Waals surface area contributed by atoms with E-state index < -0.39 is 0 Å². The van der Waals surface area contributed by atoms with Gasteiger partial charge in [0, 0.05) is 32.7 Å². The summed E-state index contributed by atoms with van der Waals surface area (Å²) in [7, 11) is 1.72. The summed E-state index contributed by atoms with van der Waals surface area (Å²) in [5.74, 6) is 0. The van der Waals surface area contributed by atoms with E-state index in [4.69, 9.17) is 4.74 Å². The van der Waals surface area contributed by atoms with Gasteiger partial charge < -0.3 is 14.4 Å². The highest BCUT2D eigenvalue weighted by Gasteiger charge is 1.99. The average Bonchev–Trinajstić information content (AvgIpc) is 3.07. The van der Waals surface area contributed by atoms with Crippen LogP contribution in [-0.2, 0) is 11.3 Å². The number of aliphatic hydroxyl groups is 1. The molecular formula is C19H26N2O2. The first kappa shape index (κ1) is 17.4. The zero-order valence-electron chi connectivity index (χ0n) is 13.8. The highest BCUT2D eigenvalue weighted by Crippen LogP contribution is 2.10. The summed E-state index contributed by atoms with van der Waals surface area (Å²) in [6.45, 7) is 1.63. The predicted octanol–water partition coefficient (Wildman–Crippen LogP) is 3.51. The van der Waals surface area contributed by atoms with Gasteiger partial charge in [0.25, 0.3) is 0 Å². The molecule has 0 aliphatic heterocycles. The Kier molecular flexibility index (Phi) is 7.57. The number of hydrogen-bond donors (Lipinski definition) is 1. The second kappa shape index (κ2) is 9.98. The summed E-state index contributed by atoms with van der Waals surface area (Å²) >= 11 is 0. The molecule has 0 aliphatic carbocycles. The number of benzene rings is 1.